The van der Waals surface area contributed by atoms with E-state index >= 15 is 0 Å². The number of pyridine rings is 1. The second-order valence-corrected chi connectivity index (χ2v) is 6.97. The van der Waals surface area contributed by atoms with E-state index in [0.29, 0.717) is 35.2 Å². The summed E-state index contributed by atoms with van der Waals surface area (Å²) in [6.45, 7) is 0.360. The van der Waals surface area contributed by atoms with Gasteiger partial charge in [0, 0.05) is 18.3 Å². The van der Waals surface area contributed by atoms with E-state index in [0.717, 1.165) is 17.7 Å². The maximum absolute atomic E-state index is 14.2. The smallest absolute Gasteiger partial charge is 0.419 e. The molecule has 2 aromatic heterocycles. The molecule has 0 fully saturated rings. The molecule has 0 amide bonds. The Morgan fingerprint density at radius 3 is 2.44 bits per heavy atom. The zero-order chi connectivity index (χ0) is 22.9. The zero-order valence-electron chi connectivity index (χ0n) is 17.2. The third-order valence-electron chi connectivity index (χ3n) is 4.99. The Hall–Kier alpha value is -3.75. The average molecular weight is 445 g/mol. The minimum absolute atomic E-state index is 0.231. The van der Waals surface area contributed by atoms with Crippen LogP contribution in [0.15, 0.2) is 60.8 Å². The van der Waals surface area contributed by atoms with Crippen molar-refractivity contribution in [2.24, 2.45) is 0 Å². The summed E-state index contributed by atoms with van der Waals surface area (Å²) in [7, 11) is 3.08. The second-order valence-electron chi connectivity index (χ2n) is 6.97. The molecule has 32 heavy (non-hydrogen) atoms. The molecule has 4 aromatic rings. The van der Waals surface area contributed by atoms with Crippen LogP contribution in [0.2, 0.25) is 0 Å². The fourth-order valence-electron chi connectivity index (χ4n) is 3.43. The minimum Gasteiger partial charge on any atom is -0.493 e. The van der Waals surface area contributed by atoms with Gasteiger partial charge in [0.15, 0.2) is 11.5 Å². The molecule has 0 spiro atoms. The Morgan fingerprint density at radius 2 is 1.75 bits per heavy atom. The molecule has 0 atom stereocenters. The quantitative estimate of drug-likeness (QED) is 0.382. The standard InChI is InChI=1S/C23H19F4N3O2/c1-31-18-9-6-14(11-19(18)32-2)13-28-22-21(29-20-5-3-4-10-30(20)22)15-7-8-16(17(24)12-15)23(25,26)27/h3-12,28H,13H2,1-2H3. The predicted octanol–water partition coefficient (Wildman–Crippen LogP) is 5.79. The van der Waals surface area contributed by atoms with Gasteiger partial charge in [0.2, 0.25) is 0 Å². The van der Waals surface area contributed by atoms with Crippen LogP contribution in [-0.2, 0) is 12.7 Å². The fraction of sp³-hybridized carbons (Fsp3) is 0.174. The van der Waals surface area contributed by atoms with E-state index in [4.69, 9.17) is 9.47 Å². The lowest BCUT2D eigenvalue weighted by atomic mass is 10.1. The number of fused-ring (bicyclic) bond motifs is 1. The monoisotopic (exact) mass is 445 g/mol. The normalized spacial score (nSPS) is 11.6. The lowest BCUT2D eigenvalue weighted by molar-refractivity contribution is -0.139. The lowest BCUT2D eigenvalue weighted by Crippen LogP contribution is -2.08. The van der Waals surface area contributed by atoms with E-state index < -0.39 is 17.6 Å². The van der Waals surface area contributed by atoms with Gasteiger partial charge in [0.25, 0.3) is 0 Å². The Balaban J connectivity index is 1.72. The number of imidazole rings is 1. The Labute approximate surface area is 181 Å². The average Bonchev–Trinajstić information content (AvgIpc) is 3.15. The third kappa shape index (κ3) is 4.05. The van der Waals surface area contributed by atoms with Crippen molar-refractivity contribution in [1.82, 2.24) is 9.38 Å². The first-order valence-corrected chi connectivity index (χ1v) is 9.61. The number of alkyl halides is 3. The topological polar surface area (TPSA) is 47.8 Å². The number of hydrogen-bond donors (Lipinski definition) is 1. The van der Waals surface area contributed by atoms with Gasteiger partial charge in [-0.3, -0.25) is 4.40 Å². The maximum atomic E-state index is 14.2. The molecule has 2 aromatic carbocycles. The summed E-state index contributed by atoms with van der Waals surface area (Å²) in [6, 6.07) is 13.6. The molecule has 0 radical (unpaired) electrons. The molecule has 0 saturated heterocycles. The van der Waals surface area contributed by atoms with Crippen molar-refractivity contribution in [3.05, 3.63) is 77.7 Å². The lowest BCUT2D eigenvalue weighted by Gasteiger charge is -2.13. The summed E-state index contributed by atoms with van der Waals surface area (Å²) >= 11 is 0. The number of methoxy groups -OCH3 is 2. The molecule has 0 bridgehead atoms. The summed E-state index contributed by atoms with van der Waals surface area (Å²) in [6.07, 6.45) is -3.00. The van der Waals surface area contributed by atoms with Gasteiger partial charge < -0.3 is 14.8 Å². The van der Waals surface area contributed by atoms with E-state index in [1.807, 2.05) is 12.1 Å². The molecule has 5 nitrogen and oxygen atoms in total. The van der Waals surface area contributed by atoms with Crippen LogP contribution < -0.4 is 14.8 Å². The number of nitrogens with zero attached hydrogens (tertiary/aromatic N) is 2. The summed E-state index contributed by atoms with van der Waals surface area (Å²) < 4.78 is 65.4. The van der Waals surface area contributed by atoms with Crippen molar-refractivity contribution < 1.29 is 27.0 Å². The number of benzene rings is 2. The van der Waals surface area contributed by atoms with Gasteiger partial charge >= 0.3 is 6.18 Å². The Bertz CT molecular complexity index is 1270. The van der Waals surface area contributed by atoms with Crippen LogP contribution in [0.3, 0.4) is 0 Å². The van der Waals surface area contributed by atoms with Gasteiger partial charge in [-0.15, -0.1) is 0 Å². The summed E-state index contributed by atoms with van der Waals surface area (Å²) in [5.74, 6) is 0.328. The molecule has 166 valence electrons. The molecule has 0 saturated carbocycles. The van der Waals surface area contributed by atoms with Crippen molar-refractivity contribution in [1.29, 1.82) is 0 Å². The van der Waals surface area contributed by atoms with Gasteiger partial charge in [-0.05, 0) is 42.0 Å². The maximum Gasteiger partial charge on any atom is 0.419 e. The largest absolute Gasteiger partial charge is 0.493 e. The predicted molar refractivity (Wildman–Crippen MR) is 112 cm³/mol. The van der Waals surface area contributed by atoms with E-state index in [1.165, 1.54) is 13.2 Å². The number of halogens is 4. The van der Waals surface area contributed by atoms with Crippen LogP contribution in [0.4, 0.5) is 23.4 Å². The van der Waals surface area contributed by atoms with Crippen LogP contribution in [0, 0.1) is 5.82 Å². The zero-order valence-corrected chi connectivity index (χ0v) is 17.2. The fourth-order valence-corrected chi connectivity index (χ4v) is 3.43. The number of rotatable bonds is 6. The molecular weight excluding hydrogens is 426 g/mol. The molecule has 4 rings (SSSR count). The molecule has 0 aliphatic heterocycles. The highest BCUT2D eigenvalue weighted by Gasteiger charge is 2.34. The van der Waals surface area contributed by atoms with Crippen LogP contribution >= 0.6 is 0 Å². The summed E-state index contributed by atoms with van der Waals surface area (Å²) in [4.78, 5) is 4.50. The molecule has 9 heteroatoms. The summed E-state index contributed by atoms with van der Waals surface area (Å²) in [5.41, 5.74) is 0.693. The van der Waals surface area contributed by atoms with Crippen LogP contribution in [0.5, 0.6) is 11.5 Å². The van der Waals surface area contributed by atoms with E-state index in [9.17, 15) is 17.6 Å². The van der Waals surface area contributed by atoms with Crippen molar-refractivity contribution in [3.8, 4) is 22.8 Å². The van der Waals surface area contributed by atoms with Gasteiger partial charge in [-0.2, -0.15) is 13.2 Å². The van der Waals surface area contributed by atoms with Gasteiger partial charge in [0.1, 0.15) is 23.0 Å². The number of nitrogens with one attached hydrogen (secondary N) is 1. The Kier molecular flexibility index (Phi) is 5.65. The molecule has 0 aliphatic rings. The van der Waals surface area contributed by atoms with E-state index in [2.05, 4.69) is 10.3 Å². The van der Waals surface area contributed by atoms with Crippen molar-refractivity contribution in [3.63, 3.8) is 0 Å². The minimum atomic E-state index is -4.77. The second kappa shape index (κ2) is 8.41. The highest BCUT2D eigenvalue weighted by Crippen LogP contribution is 2.36. The highest BCUT2D eigenvalue weighted by molar-refractivity contribution is 5.76. The number of aromatic nitrogens is 2. The molecule has 1 N–H and O–H groups in total. The highest BCUT2D eigenvalue weighted by atomic mass is 19.4. The third-order valence-corrected chi connectivity index (χ3v) is 4.99. The van der Waals surface area contributed by atoms with Crippen LogP contribution in [0.25, 0.3) is 16.9 Å². The molecule has 0 aliphatic carbocycles. The summed E-state index contributed by atoms with van der Waals surface area (Å²) in [5, 5.41) is 3.26. The van der Waals surface area contributed by atoms with Crippen LogP contribution in [0.1, 0.15) is 11.1 Å². The van der Waals surface area contributed by atoms with Crippen LogP contribution in [-0.4, -0.2) is 23.6 Å². The number of ether oxygens (including phenoxy) is 2. The molecular formula is C23H19F4N3O2. The van der Waals surface area contributed by atoms with E-state index in [-0.39, 0.29) is 5.56 Å². The van der Waals surface area contributed by atoms with Crippen molar-refractivity contribution in [2.75, 3.05) is 19.5 Å². The van der Waals surface area contributed by atoms with Crippen molar-refractivity contribution in [2.45, 2.75) is 12.7 Å². The number of hydrogen-bond acceptors (Lipinski definition) is 4. The first kappa shape index (κ1) is 21.5. The van der Waals surface area contributed by atoms with Crippen molar-refractivity contribution >= 4 is 11.5 Å². The first-order chi connectivity index (χ1) is 15.3. The van der Waals surface area contributed by atoms with Gasteiger partial charge in [-0.25, -0.2) is 9.37 Å². The SMILES string of the molecule is COc1ccc(CNc2c(-c3ccc(C(F)(F)F)c(F)c3)nc3ccccn23)cc1OC. The van der Waals surface area contributed by atoms with Gasteiger partial charge in [-0.1, -0.05) is 18.2 Å². The van der Waals surface area contributed by atoms with Gasteiger partial charge in [0.05, 0.1) is 19.8 Å². The number of anilines is 1. The molecule has 2 heterocycles. The first-order valence-electron chi connectivity index (χ1n) is 9.61. The van der Waals surface area contributed by atoms with E-state index in [1.54, 1.807) is 42.0 Å². The Morgan fingerprint density at radius 1 is 0.969 bits per heavy atom. The molecule has 0 unspecified atom stereocenters.